The van der Waals surface area contributed by atoms with Crippen molar-refractivity contribution in [3.63, 3.8) is 0 Å². The van der Waals surface area contributed by atoms with Crippen LogP contribution in [0.15, 0.2) is 18.2 Å². The molecule has 0 saturated carbocycles. The summed E-state index contributed by atoms with van der Waals surface area (Å²) in [6.45, 7) is 1.33. The van der Waals surface area contributed by atoms with Gasteiger partial charge in [0.1, 0.15) is 5.25 Å². The lowest BCUT2D eigenvalue weighted by molar-refractivity contribution is -0.384. The Morgan fingerprint density at radius 1 is 1.61 bits per heavy atom. The number of nitro groups is 1. The van der Waals surface area contributed by atoms with E-state index in [1.165, 1.54) is 19.1 Å². The molecule has 0 heterocycles. The second-order valence-electron chi connectivity index (χ2n) is 3.54. The van der Waals surface area contributed by atoms with Crippen LogP contribution in [-0.2, 0) is 21.3 Å². The van der Waals surface area contributed by atoms with Crippen LogP contribution in [0.2, 0.25) is 5.02 Å². The summed E-state index contributed by atoms with van der Waals surface area (Å²) < 4.78 is 11.7. The van der Waals surface area contributed by atoms with Crippen LogP contribution in [0.1, 0.15) is 12.5 Å². The molecule has 1 aromatic rings. The minimum Gasteiger partial charge on any atom is -0.480 e. The van der Waals surface area contributed by atoms with E-state index < -0.39 is 26.9 Å². The Bertz CT molecular complexity index is 519. The van der Waals surface area contributed by atoms with Gasteiger partial charge < -0.3 is 5.11 Å². The molecule has 8 heteroatoms. The summed E-state index contributed by atoms with van der Waals surface area (Å²) in [6.07, 6.45) is 0. The van der Waals surface area contributed by atoms with Gasteiger partial charge in [-0.3, -0.25) is 19.1 Å². The zero-order chi connectivity index (χ0) is 13.9. The number of aliphatic carboxylic acids is 1. The van der Waals surface area contributed by atoms with Crippen LogP contribution in [0, 0.1) is 10.1 Å². The molecule has 1 aromatic carbocycles. The van der Waals surface area contributed by atoms with Crippen LogP contribution in [0.3, 0.4) is 0 Å². The molecule has 0 aliphatic heterocycles. The van der Waals surface area contributed by atoms with Crippen LogP contribution in [0.25, 0.3) is 0 Å². The van der Waals surface area contributed by atoms with Gasteiger partial charge in [0.05, 0.1) is 15.7 Å². The molecular formula is C10H10ClNO5S. The number of non-ortho nitro benzene ring substituents is 1. The Balaban J connectivity index is 2.89. The number of hydrogen-bond donors (Lipinski definition) is 1. The zero-order valence-corrected chi connectivity index (χ0v) is 10.9. The Kier molecular flexibility index (Phi) is 4.80. The van der Waals surface area contributed by atoms with E-state index in [2.05, 4.69) is 0 Å². The second-order valence-corrected chi connectivity index (χ2v) is 5.70. The lowest BCUT2D eigenvalue weighted by Gasteiger charge is -2.07. The summed E-state index contributed by atoms with van der Waals surface area (Å²) in [7, 11) is -1.63. The van der Waals surface area contributed by atoms with Crippen LogP contribution in [-0.4, -0.2) is 25.5 Å². The quantitative estimate of drug-likeness (QED) is 0.660. The van der Waals surface area contributed by atoms with Crippen molar-refractivity contribution in [1.29, 1.82) is 0 Å². The molecule has 0 amide bonds. The number of nitrogens with zero attached hydrogens (tertiary/aromatic N) is 1. The molecule has 1 rings (SSSR count). The first-order valence-corrected chi connectivity index (χ1v) is 6.61. The first kappa shape index (κ1) is 14.6. The average Bonchev–Trinajstić information content (AvgIpc) is 2.30. The van der Waals surface area contributed by atoms with Crippen LogP contribution >= 0.6 is 11.6 Å². The standard InChI is InChI=1S/C10H10ClNO5S/c1-6(10(13)14)18(17)5-7-2-3-8(12(15)16)4-9(7)11/h2-4,6H,5H2,1H3,(H,13,14). The van der Waals surface area contributed by atoms with Gasteiger partial charge in [-0.05, 0) is 18.6 Å². The third kappa shape index (κ3) is 3.51. The summed E-state index contributed by atoms with van der Waals surface area (Å²) in [6, 6.07) is 3.77. The van der Waals surface area contributed by atoms with E-state index >= 15 is 0 Å². The van der Waals surface area contributed by atoms with E-state index in [9.17, 15) is 19.1 Å². The highest BCUT2D eigenvalue weighted by Crippen LogP contribution is 2.24. The number of nitro benzene ring substituents is 1. The van der Waals surface area contributed by atoms with Crippen molar-refractivity contribution < 1.29 is 19.0 Å². The molecule has 0 bridgehead atoms. The molecule has 0 spiro atoms. The minimum absolute atomic E-state index is 0.0513. The van der Waals surface area contributed by atoms with Gasteiger partial charge in [0.25, 0.3) is 5.69 Å². The predicted octanol–water partition coefficient (Wildman–Crippen LogP) is 1.97. The predicted molar refractivity (Wildman–Crippen MR) is 67.1 cm³/mol. The molecule has 0 radical (unpaired) electrons. The van der Waals surface area contributed by atoms with Gasteiger partial charge in [0.2, 0.25) is 0 Å². The maximum atomic E-state index is 11.7. The van der Waals surface area contributed by atoms with Crippen molar-refractivity contribution in [1.82, 2.24) is 0 Å². The molecule has 18 heavy (non-hydrogen) atoms. The lowest BCUT2D eigenvalue weighted by Crippen LogP contribution is -2.22. The normalized spacial score (nSPS) is 13.9. The summed E-state index contributed by atoms with van der Waals surface area (Å²) in [5.41, 5.74) is 0.259. The van der Waals surface area contributed by atoms with E-state index in [0.717, 1.165) is 6.07 Å². The largest absolute Gasteiger partial charge is 0.480 e. The maximum absolute atomic E-state index is 11.7. The number of carboxylic acid groups (broad SMARTS) is 1. The molecular weight excluding hydrogens is 282 g/mol. The van der Waals surface area contributed by atoms with Gasteiger partial charge in [-0.25, -0.2) is 0 Å². The zero-order valence-electron chi connectivity index (χ0n) is 9.33. The molecule has 6 nitrogen and oxygen atoms in total. The van der Waals surface area contributed by atoms with Gasteiger partial charge in [0, 0.05) is 22.9 Å². The second kappa shape index (κ2) is 5.92. The van der Waals surface area contributed by atoms with E-state index in [-0.39, 0.29) is 16.5 Å². The third-order valence-electron chi connectivity index (χ3n) is 2.29. The molecule has 2 atom stereocenters. The maximum Gasteiger partial charge on any atom is 0.318 e. The highest BCUT2D eigenvalue weighted by atomic mass is 35.5. The molecule has 2 unspecified atom stereocenters. The summed E-state index contributed by atoms with van der Waals surface area (Å²) in [5, 5.41) is 18.3. The number of halogens is 1. The summed E-state index contributed by atoms with van der Waals surface area (Å²) >= 11 is 5.82. The number of carbonyl (C=O) groups is 1. The smallest absolute Gasteiger partial charge is 0.318 e. The van der Waals surface area contributed by atoms with E-state index in [4.69, 9.17) is 16.7 Å². The number of carboxylic acids is 1. The topological polar surface area (TPSA) is 97.5 Å². The molecule has 0 aromatic heterocycles. The van der Waals surface area contributed by atoms with Crippen molar-refractivity contribution in [2.75, 3.05) is 0 Å². The van der Waals surface area contributed by atoms with Crippen LogP contribution in [0.5, 0.6) is 0 Å². The number of benzene rings is 1. The van der Waals surface area contributed by atoms with Gasteiger partial charge in [-0.15, -0.1) is 0 Å². The van der Waals surface area contributed by atoms with Crippen molar-refractivity contribution >= 4 is 34.1 Å². The summed E-state index contributed by atoms with van der Waals surface area (Å²) in [5.74, 6) is -1.21. The van der Waals surface area contributed by atoms with Crippen molar-refractivity contribution in [2.45, 2.75) is 17.9 Å². The fourth-order valence-electron chi connectivity index (χ4n) is 1.16. The van der Waals surface area contributed by atoms with Crippen molar-refractivity contribution in [3.8, 4) is 0 Å². The Morgan fingerprint density at radius 2 is 2.22 bits per heavy atom. The third-order valence-corrected chi connectivity index (χ3v) is 4.23. The first-order valence-electron chi connectivity index (χ1n) is 4.85. The fraction of sp³-hybridized carbons (Fsp3) is 0.300. The SMILES string of the molecule is CC(C(=O)O)S(=O)Cc1ccc([N+](=O)[O-])cc1Cl. The van der Waals surface area contributed by atoms with E-state index in [1.54, 1.807) is 0 Å². The molecule has 98 valence electrons. The minimum atomic E-state index is -1.63. The fourth-order valence-corrected chi connectivity index (χ4v) is 2.51. The molecule has 1 N–H and O–H groups in total. The first-order chi connectivity index (χ1) is 8.32. The van der Waals surface area contributed by atoms with Crippen molar-refractivity contribution in [2.24, 2.45) is 0 Å². The molecule has 0 aliphatic carbocycles. The molecule has 0 fully saturated rings. The highest BCUT2D eigenvalue weighted by molar-refractivity contribution is 7.85. The summed E-state index contributed by atoms with van der Waals surface area (Å²) in [4.78, 5) is 20.5. The molecule has 0 saturated heterocycles. The Hall–Kier alpha value is -1.47. The molecule has 0 aliphatic rings. The van der Waals surface area contributed by atoms with Crippen LogP contribution < -0.4 is 0 Å². The lowest BCUT2D eigenvalue weighted by atomic mass is 10.2. The van der Waals surface area contributed by atoms with Gasteiger partial charge in [0.15, 0.2) is 0 Å². The highest BCUT2D eigenvalue weighted by Gasteiger charge is 2.20. The Labute approximate surface area is 110 Å². The number of rotatable bonds is 5. The van der Waals surface area contributed by atoms with Gasteiger partial charge in [-0.1, -0.05) is 11.6 Å². The van der Waals surface area contributed by atoms with Gasteiger partial charge >= 0.3 is 5.97 Å². The monoisotopic (exact) mass is 291 g/mol. The van der Waals surface area contributed by atoms with Gasteiger partial charge in [-0.2, -0.15) is 0 Å². The van der Waals surface area contributed by atoms with E-state index in [1.807, 2.05) is 0 Å². The number of hydrogen-bond acceptors (Lipinski definition) is 4. The Morgan fingerprint density at radius 3 is 2.67 bits per heavy atom. The van der Waals surface area contributed by atoms with Crippen molar-refractivity contribution in [3.05, 3.63) is 38.9 Å². The van der Waals surface area contributed by atoms with Crippen LogP contribution in [0.4, 0.5) is 5.69 Å². The van der Waals surface area contributed by atoms with E-state index in [0.29, 0.717) is 5.56 Å². The average molecular weight is 292 g/mol.